The molecule has 0 fully saturated rings. The highest BCUT2D eigenvalue weighted by molar-refractivity contribution is 5.79. The molecule has 1 aliphatic rings. The average Bonchev–Trinajstić information content (AvgIpc) is 2.46. The number of esters is 1. The van der Waals surface area contributed by atoms with Gasteiger partial charge in [-0.2, -0.15) is 0 Å². The molecular formula is C16H23NO3. The highest BCUT2D eigenvalue weighted by Crippen LogP contribution is 2.32. The van der Waals surface area contributed by atoms with E-state index in [2.05, 4.69) is 18.2 Å². The average molecular weight is 277 g/mol. The highest BCUT2D eigenvalue weighted by Gasteiger charge is 2.30. The van der Waals surface area contributed by atoms with Crippen LogP contribution in [0.3, 0.4) is 0 Å². The topological polar surface area (TPSA) is 61.5 Å². The summed E-state index contributed by atoms with van der Waals surface area (Å²) in [5.74, 6) is -0.398. The fourth-order valence-electron chi connectivity index (χ4n) is 2.63. The zero-order chi connectivity index (χ0) is 14.6. The number of hydrogen-bond donors (Lipinski definition) is 1. The van der Waals surface area contributed by atoms with Gasteiger partial charge in [0.2, 0.25) is 0 Å². The number of carbonyl (C=O) groups is 1. The van der Waals surface area contributed by atoms with Gasteiger partial charge in [0.25, 0.3) is 0 Å². The zero-order valence-electron chi connectivity index (χ0n) is 12.2. The maximum Gasteiger partial charge on any atom is 0.325 e. The van der Waals surface area contributed by atoms with Gasteiger partial charge in [0.15, 0.2) is 0 Å². The number of ether oxygens (including phenoxy) is 2. The van der Waals surface area contributed by atoms with E-state index in [9.17, 15) is 4.79 Å². The first kappa shape index (κ1) is 15.0. The van der Waals surface area contributed by atoms with Crippen molar-refractivity contribution >= 4 is 5.97 Å². The summed E-state index contributed by atoms with van der Waals surface area (Å²) in [6.45, 7) is 2.14. The Labute approximate surface area is 120 Å². The molecule has 4 nitrogen and oxygen atoms in total. The highest BCUT2D eigenvalue weighted by atomic mass is 16.5. The van der Waals surface area contributed by atoms with Crippen LogP contribution in [0.5, 0.6) is 0 Å². The molecular weight excluding hydrogens is 254 g/mol. The van der Waals surface area contributed by atoms with Crippen LogP contribution in [0.4, 0.5) is 0 Å². The lowest BCUT2D eigenvalue weighted by Crippen LogP contribution is -2.46. The van der Waals surface area contributed by atoms with Gasteiger partial charge in [-0.15, -0.1) is 0 Å². The first-order chi connectivity index (χ1) is 9.54. The number of aryl methyl sites for hydroxylation is 1. The normalized spacial score (nSPS) is 20.9. The molecule has 0 radical (unpaired) electrons. The summed E-state index contributed by atoms with van der Waals surface area (Å²) in [6, 6.07) is 8.39. The molecule has 0 heterocycles. The van der Waals surface area contributed by atoms with Gasteiger partial charge in [-0.3, -0.25) is 4.79 Å². The fourth-order valence-corrected chi connectivity index (χ4v) is 2.63. The van der Waals surface area contributed by atoms with E-state index in [0.29, 0.717) is 13.0 Å². The van der Waals surface area contributed by atoms with Gasteiger partial charge in [0.1, 0.15) is 5.54 Å². The number of rotatable bonds is 5. The maximum atomic E-state index is 11.5. The molecule has 2 N–H and O–H groups in total. The van der Waals surface area contributed by atoms with Crippen LogP contribution in [0, 0.1) is 0 Å². The Morgan fingerprint density at radius 2 is 2.20 bits per heavy atom. The SMILES string of the molecule is COC(=O)C(C)(N)CCOC1CCCc2ccccc21. The van der Waals surface area contributed by atoms with Crippen LogP contribution < -0.4 is 5.73 Å². The Kier molecular flexibility index (Phi) is 4.78. The standard InChI is InChI=1S/C16H23NO3/c1-16(17,15(18)19-2)10-11-20-14-9-5-7-12-6-3-4-8-13(12)14/h3-4,6,8,14H,5,7,9-11,17H2,1-2H3. The minimum Gasteiger partial charge on any atom is -0.468 e. The molecule has 2 unspecified atom stereocenters. The maximum absolute atomic E-state index is 11.5. The first-order valence-corrected chi connectivity index (χ1v) is 7.11. The number of fused-ring (bicyclic) bond motifs is 1. The monoisotopic (exact) mass is 277 g/mol. The van der Waals surface area contributed by atoms with Gasteiger partial charge < -0.3 is 15.2 Å². The molecule has 1 aromatic rings. The lowest BCUT2D eigenvalue weighted by atomic mass is 9.89. The van der Waals surface area contributed by atoms with E-state index in [1.165, 1.54) is 18.2 Å². The van der Waals surface area contributed by atoms with Crippen molar-refractivity contribution in [2.24, 2.45) is 5.73 Å². The fraction of sp³-hybridized carbons (Fsp3) is 0.562. The van der Waals surface area contributed by atoms with Gasteiger partial charge in [0, 0.05) is 6.61 Å². The zero-order valence-corrected chi connectivity index (χ0v) is 12.2. The first-order valence-electron chi connectivity index (χ1n) is 7.11. The molecule has 4 heteroatoms. The van der Waals surface area contributed by atoms with Gasteiger partial charge in [0.05, 0.1) is 13.2 Å². The second-order valence-corrected chi connectivity index (χ2v) is 5.61. The molecule has 0 amide bonds. The Morgan fingerprint density at radius 1 is 1.45 bits per heavy atom. The van der Waals surface area contributed by atoms with Crippen molar-refractivity contribution in [2.45, 2.75) is 44.2 Å². The van der Waals surface area contributed by atoms with Crippen LogP contribution in [-0.4, -0.2) is 25.2 Å². The summed E-state index contributed by atoms with van der Waals surface area (Å²) in [6.07, 6.45) is 3.86. The second kappa shape index (κ2) is 6.37. The van der Waals surface area contributed by atoms with E-state index < -0.39 is 11.5 Å². The van der Waals surface area contributed by atoms with Crippen LogP contribution >= 0.6 is 0 Å². The molecule has 1 aliphatic carbocycles. The Hall–Kier alpha value is -1.39. The van der Waals surface area contributed by atoms with Crippen LogP contribution in [0.1, 0.15) is 43.4 Å². The second-order valence-electron chi connectivity index (χ2n) is 5.61. The van der Waals surface area contributed by atoms with E-state index in [4.69, 9.17) is 15.2 Å². The van der Waals surface area contributed by atoms with Crippen molar-refractivity contribution in [3.8, 4) is 0 Å². The van der Waals surface area contributed by atoms with Crippen molar-refractivity contribution in [1.82, 2.24) is 0 Å². The predicted octanol–water partition coefficient (Wildman–Crippen LogP) is 2.36. The van der Waals surface area contributed by atoms with Crippen LogP contribution in [0.15, 0.2) is 24.3 Å². The molecule has 20 heavy (non-hydrogen) atoms. The molecule has 2 atom stereocenters. The summed E-state index contributed by atoms with van der Waals surface area (Å²) in [5, 5.41) is 0. The third-order valence-corrected chi connectivity index (χ3v) is 3.91. The Balaban J connectivity index is 1.91. The van der Waals surface area contributed by atoms with Crippen LogP contribution in [0.25, 0.3) is 0 Å². The summed E-state index contributed by atoms with van der Waals surface area (Å²) in [5.41, 5.74) is 7.58. The number of hydrogen-bond acceptors (Lipinski definition) is 4. The van der Waals surface area contributed by atoms with Crippen LogP contribution in [-0.2, 0) is 20.7 Å². The molecule has 0 saturated heterocycles. The molecule has 0 aliphatic heterocycles. The number of carbonyl (C=O) groups excluding carboxylic acids is 1. The lowest BCUT2D eigenvalue weighted by Gasteiger charge is -2.27. The van der Waals surface area contributed by atoms with E-state index in [0.717, 1.165) is 19.3 Å². The van der Waals surface area contributed by atoms with E-state index in [1.807, 2.05) is 6.07 Å². The molecule has 2 rings (SSSR count). The Morgan fingerprint density at radius 3 is 2.95 bits per heavy atom. The minimum atomic E-state index is -0.983. The molecule has 110 valence electrons. The number of benzene rings is 1. The van der Waals surface area contributed by atoms with Crippen molar-refractivity contribution in [2.75, 3.05) is 13.7 Å². The van der Waals surface area contributed by atoms with Crippen molar-refractivity contribution in [3.63, 3.8) is 0 Å². The van der Waals surface area contributed by atoms with Gasteiger partial charge in [-0.25, -0.2) is 0 Å². The summed E-state index contributed by atoms with van der Waals surface area (Å²) in [7, 11) is 1.35. The van der Waals surface area contributed by atoms with Crippen molar-refractivity contribution < 1.29 is 14.3 Å². The molecule has 0 bridgehead atoms. The van der Waals surface area contributed by atoms with E-state index in [-0.39, 0.29) is 6.10 Å². The van der Waals surface area contributed by atoms with Gasteiger partial charge in [-0.1, -0.05) is 24.3 Å². The van der Waals surface area contributed by atoms with Gasteiger partial charge >= 0.3 is 5.97 Å². The molecule has 0 saturated carbocycles. The quantitative estimate of drug-likeness (QED) is 0.839. The summed E-state index contributed by atoms with van der Waals surface area (Å²) >= 11 is 0. The molecule has 1 aromatic carbocycles. The van der Waals surface area contributed by atoms with Crippen molar-refractivity contribution in [3.05, 3.63) is 35.4 Å². The molecule has 0 aromatic heterocycles. The third kappa shape index (κ3) is 3.38. The number of nitrogens with two attached hydrogens (primary N) is 1. The van der Waals surface area contributed by atoms with Crippen molar-refractivity contribution in [1.29, 1.82) is 0 Å². The van der Waals surface area contributed by atoms with Gasteiger partial charge in [-0.05, 0) is 43.7 Å². The van der Waals surface area contributed by atoms with E-state index >= 15 is 0 Å². The molecule has 0 spiro atoms. The number of methoxy groups -OCH3 is 1. The van der Waals surface area contributed by atoms with Crippen LogP contribution in [0.2, 0.25) is 0 Å². The smallest absolute Gasteiger partial charge is 0.325 e. The Bertz CT molecular complexity index is 471. The summed E-state index contributed by atoms with van der Waals surface area (Å²) in [4.78, 5) is 11.5. The minimum absolute atomic E-state index is 0.119. The predicted molar refractivity (Wildman–Crippen MR) is 77.3 cm³/mol. The lowest BCUT2D eigenvalue weighted by molar-refractivity contribution is -0.147. The van der Waals surface area contributed by atoms with E-state index in [1.54, 1.807) is 6.92 Å². The summed E-state index contributed by atoms with van der Waals surface area (Å²) < 4.78 is 10.6. The largest absolute Gasteiger partial charge is 0.468 e. The third-order valence-electron chi connectivity index (χ3n) is 3.91.